The van der Waals surface area contributed by atoms with Crippen molar-refractivity contribution in [2.45, 2.75) is 12.5 Å². The van der Waals surface area contributed by atoms with Crippen molar-refractivity contribution in [2.24, 2.45) is 0 Å². The highest BCUT2D eigenvalue weighted by Crippen LogP contribution is 2.17. The first-order chi connectivity index (χ1) is 8.10. The van der Waals surface area contributed by atoms with Gasteiger partial charge in [-0.3, -0.25) is 0 Å². The summed E-state index contributed by atoms with van der Waals surface area (Å²) in [4.78, 5) is 4.11. The van der Waals surface area contributed by atoms with Crippen LogP contribution in [-0.4, -0.2) is 45.7 Å². The van der Waals surface area contributed by atoms with Gasteiger partial charge in [0.1, 0.15) is 17.4 Å². The minimum absolute atomic E-state index is 0.240. The lowest BCUT2D eigenvalue weighted by atomic mass is 10.0. The van der Waals surface area contributed by atoms with Crippen LogP contribution in [0.25, 0.3) is 0 Å². The molecule has 92 valence electrons. The lowest BCUT2D eigenvalue weighted by Crippen LogP contribution is -2.49. The van der Waals surface area contributed by atoms with Gasteiger partial charge in [-0.15, -0.1) is 0 Å². The number of hydrogen-bond donors (Lipinski definition) is 4. The molecule has 0 atom stereocenters. The third-order valence-electron chi connectivity index (χ3n) is 2.45. The third-order valence-corrected chi connectivity index (χ3v) is 2.45. The molecular weight excluding hydrogens is 222 g/mol. The van der Waals surface area contributed by atoms with Crippen molar-refractivity contribution in [3.63, 3.8) is 0 Å². The molecule has 0 aromatic carbocycles. The SMILES string of the molecule is Cc1ccc(C#N)c(NC(CO)(CO)CO)n1. The van der Waals surface area contributed by atoms with Gasteiger partial charge in [0.15, 0.2) is 0 Å². The van der Waals surface area contributed by atoms with Gasteiger partial charge in [0.05, 0.1) is 25.4 Å². The van der Waals surface area contributed by atoms with Gasteiger partial charge in [-0.25, -0.2) is 4.98 Å². The van der Waals surface area contributed by atoms with E-state index in [4.69, 9.17) is 5.26 Å². The Morgan fingerprint density at radius 1 is 1.29 bits per heavy atom. The first kappa shape index (κ1) is 13.4. The van der Waals surface area contributed by atoms with Gasteiger partial charge in [-0.05, 0) is 19.1 Å². The Kier molecular flexibility index (Phi) is 4.40. The van der Waals surface area contributed by atoms with E-state index in [1.165, 1.54) is 0 Å². The van der Waals surface area contributed by atoms with E-state index in [0.29, 0.717) is 5.69 Å². The highest BCUT2D eigenvalue weighted by Gasteiger charge is 2.29. The van der Waals surface area contributed by atoms with E-state index < -0.39 is 25.4 Å². The van der Waals surface area contributed by atoms with Gasteiger partial charge in [0.2, 0.25) is 0 Å². The Morgan fingerprint density at radius 3 is 2.35 bits per heavy atom. The number of nitrogens with zero attached hydrogens (tertiary/aromatic N) is 2. The summed E-state index contributed by atoms with van der Waals surface area (Å²) in [5.41, 5.74) is -0.309. The fraction of sp³-hybridized carbons (Fsp3) is 0.455. The molecule has 0 unspecified atom stereocenters. The zero-order valence-electron chi connectivity index (χ0n) is 9.51. The van der Waals surface area contributed by atoms with Gasteiger partial charge >= 0.3 is 0 Å². The Morgan fingerprint density at radius 2 is 1.88 bits per heavy atom. The van der Waals surface area contributed by atoms with Crippen LogP contribution in [0.2, 0.25) is 0 Å². The quantitative estimate of drug-likeness (QED) is 0.544. The summed E-state index contributed by atoms with van der Waals surface area (Å²) < 4.78 is 0. The van der Waals surface area contributed by atoms with Gasteiger partial charge in [-0.1, -0.05) is 0 Å². The minimum Gasteiger partial charge on any atom is -0.394 e. The topological polar surface area (TPSA) is 109 Å². The molecule has 0 fully saturated rings. The van der Waals surface area contributed by atoms with Crippen LogP contribution in [0.4, 0.5) is 5.82 Å². The average Bonchev–Trinajstić information content (AvgIpc) is 2.36. The van der Waals surface area contributed by atoms with Gasteiger partial charge in [0, 0.05) is 5.69 Å². The van der Waals surface area contributed by atoms with Crippen molar-refractivity contribution in [2.75, 3.05) is 25.1 Å². The monoisotopic (exact) mass is 237 g/mol. The lowest BCUT2D eigenvalue weighted by Gasteiger charge is -2.29. The van der Waals surface area contributed by atoms with Crippen molar-refractivity contribution in [3.8, 4) is 6.07 Å². The maximum atomic E-state index is 9.18. The molecule has 0 aliphatic rings. The second-order valence-corrected chi connectivity index (χ2v) is 3.84. The third kappa shape index (κ3) is 2.91. The molecule has 6 heteroatoms. The molecule has 4 N–H and O–H groups in total. The van der Waals surface area contributed by atoms with Crippen LogP contribution < -0.4 is 5.32 Å². The van der Waals surface area contributed by atoms with Crippen LogP contribution in [0, 0.1) is 18.3 Å². The predicted octanol–water partition coefficient (Wildman–Crippen LogP) is -0.611. The summed E-state index contributed by atoms with van der Waals surface area (Å²) in [6.45, 7) is 0.340. The number of anilines is 1. The molecule has 0 radical (unpaired) electrons. The zero-order chi connectivity index (χ0) is 12.9. The van der Waals surface area contributed by atoms with E-state index >= 15 is 0 Å². The van der Waals surface area contributed by atoms with Crippen LogP contribution in [0.1, 0.15) is 11.3 Å². The van der Waals surface area contributed by atoms with Crippen molar-refractivity contribution < 1.29 is 15.3 Å². The number of aryl methyl sites for hydroxylation is 1. The Hall–Kier alpha value is -1.68. The number of hydrogen-bond acceptors (Lipinski definition) is 6. The standard InChI is InChI=1S/C11H15N3O3/c1-8-2-3-9(4-12)10(13-8)14-11(5-15,6-16)7-17/h2-3,15-17H,5-7H2,1H3,(H,13,14). The summed E-state index contributed by atoms with van der Waals surface area (Å²) in [7, 11) is 0. The Balaban J connectivity index is 3.09. The van der Waals surface area contributed by atoms with Gasteiger partial charge < -0.3 is 20.6 Å². The maximum absolute atomic E-state index is 9.18. The molecule has 0 aliphatic heterocycles. The molecular formula is C11H15N3O3. The lowest BCUT2D eigenvalue weighted by molar-refractivity contribution is 0.0831. The molecule has 1 rings (SSSR count). The molecule has 0 spiro atoms. The molecule has 0 amide bonds. The minimum atomic E-state index is -1.29. The molecule has 6 nitrogen and oxygen atoms in total. The number of aliphatic hydroxyl groups is 3. The molecule has 0 bridgehead atoms. The summed E-state index contributed by atoms with van der Waals surface area (Å²) in [5, 5.41) is 39.2. The van der Waals surface area contributed by atoms with Crippen molar-refractivity contribution in [3.05, 3.63) is 23.4 Å². The van der Waals surface area contributed by atoms with Crippen LogP contribution in [0.3, 0.4) is 0 Å². The number of pyridine rings is 1. The van der Waals surface area contributed by atoms with E-state index in [2.05, 4.69) is 10.3 Å². The molecule has 0 saturated carbocycles. The van der Waals surface area contributed by atoms with E-state index in [9.17, 15) is 15.3 Å². The van der Waals surface area contributed by atoms with Gasteiger partial charge in [0.25, 0.3) is 0 Å². The fourth-order valence-corrected chi connectivity index (χ4v) is 1.26. The number of nitrogens with one attached hydrogen (secondary N) is 1. The highest BCUT2D eigenvalue weighted by atomic mass is 16.3. The molecule has 1 heterocycles. The average molecular weight is 237 g/mol. The second kappa shape index (κ2) is 5.59. The largest absolute Gasteiger partial charge is 0.394 e. The van der Waals surface area contributed by atoms with Gasteiger partial charge in [-0.2, -0.15) is 5.26 Å². The highest BCUT2D eigenvalue weighted by molar-refractivity contribution is 5.53. The number of aromatic nitrogens is 1. The van der Waals surface area contributed by atoms with Crippen LogP contribution in [0.15, 0.2) is 12.1 Å². The molecule has 17 heavy (non-hydrogen) atoms. The number of aliphatic hydroxyl groups excluding tert-OH is 3. The predicted molar refractivity (Wildman–Crippen MR) is 61.3 cm³/mol. The smallest absolute Gasteiger partial charge is 0.144 e. The Bertz CT molecular complexity index is 416. The zero-order valence-corrected chi connectivity index (χ0v) is 9.51. The summed E-state index contributed by atoms with van der Waals surface area (Å²) in [5.74, 6) is 0.240. The fourth-order valence-electron chi connectivity index (χ4n) is 1.26. The second-order valence-electron chi connectivity index (χ2n) is 3.84. The van der Waals surface area contributed by atoms with Crippen molar-refractivity contribution in [1.82, 2.24) is 4.98 Å². The molecule has 0 saturated heterocycles. The first-order valence-corrected chi connectivity index (χ1v) is 5.09. The van der Waals surface area contributed by atoms with Crippen molar-refractivity contribution in [1.29, 1.82) is 5.26 Å². The van der Waals surface area contributed by atoms with Crippen molar-refractivity contribution >= 4 is 5.82 Å². The first-order valence-electron chi connectivity index (χ1n) is 5.09. The van der Waals surface area contributed by atoms with Crippen LogP contribution in [0.5, 0.6) is 0 Å². The van der Waals surface area contributed by atoms with E-state index in [1.54, 1.807) is 19.1 Å². The van der Waals surface area contributed by atoms with Crippen LogP contribution in [-0.2, 0) is 0 Å². The summed E-state index contributed by atoms with van der Waals surface area (Å²) in [6.07, 6.45) is 0. The molecule has 1 aromatic heterocycles. The number of rotatable bonds is 5. The van der Waals surface area contributed by atoms with E-state index in [-0.39, 0.29) is 11.4 Å². The van der Waals surface area contributed by atoms with Crippen LogP contribution >= 0.6 is 0 Å². The number of nitriles is 1. The maximum Gasteiger partial charge on any atom is 0.144 e. The normalized spacial score (nSPS) is 11.0. The van der Waals surface area contributed by atoms with E-state index in [1.807, 2.05) is 6.07 Å². The molecule has 0 aliphatic carbocycles. The Labute approximate surface area is 99.2 Å². The molecule has 1 aromatic rings. The summed E-state index contributed by atoms with van der Waals surface area (Å²) in [6, 6.07) is 5.22. The summed E-state index contributed by atoms with van der Waals surface area (Å²) >= 11 is 0. The van der Waals surface area contributed by atoms with E-state index in [0.717, 1.165) is 0 Å².